The van der Waals surface area contributed by atoms with E-state index in [2.05, 4.69) is 21.7 Å². The number of nitrogens with zero attached hydrogens (tertiary/aromatic N) is 3. The van der Waals surface area contributed by atoms with Crippen molar-refractivity contribution < 1.29 is 34.3 Å². The third kappa shape index (κ3) is 10.1. The first-order valence-corrected chi connectivity index (χ1v) is 18.9. The molecule has 0 amide bonds. The fourth-order valence-electron chi connectivity index (χ4n) is 6.57. The SMILES string of the molecule is N#Cc1cncc(COc2nc(O[C@H]3CCc4c(-c5c(OCCNCCO)ccc(-c6ccccc6)c5Cl)cccc43)c(Cl)cc2CNCC(O)CC(=O)O)c1. The van der Waals surface area contributed by atoms with Crippen molar-refractivity contribution in [3.8, 4) is 45.8 Å². The maximum absolute atomic E-state index is 11.0. The zero-order valence-corrected chi connectivity index (χ0v) is 31.9. The smallest absolute Gasteiger partial charge is 0.306 e. The van der Waals surface area contributed by atoms with Gasteiger partial charge in [-0.1, -0.05) is 71.7 Å². The Morgan fingerprint density at radius 1 is 0.982 bits per heavy atom. The molecule has 2 atom stereocenters. The lowest BCUT2D eigenvalue weighted by atomic mass is 9.93. The number of carbonyl (C=O) groups is 1. The van der Waals surface area contributed by atoms with Gasteiger partial charge in [0.25, 0.3) is 0 Å². The first-order chi connectivity index (χ1) is 27.2. The van der Waals surface area contributed by atoms with Crippen molar-refractivity contribution in [3.05, 3.63) is 123 Å². The molecule has 0 spiro atoms. The number of nitrogens with one attached hydrogen (secondary N) is 2. The van der Waals surface area contributed by atoms with E-state index in [0.717, 1.165) is 33.4 Å². The summed E-state index contributed by atoms with van der Waals surface area (Å²) < 4.78 is 19.0. The molecule has 6 rings (SSSR count). The van der Waals surface area contributed by atoms with Crippen LogP contribution < -0.4 is 24.8 Å². The molecule has 290 valence electrons. The average molecular weight is 799 g/mol. The van der Waals surface area contributed by atoms with Gasteiger partial charge in [-0.15, -0.1) is 0 Å². The number of aliphatic hydroxyl groups excluding tert-OH is 2. The summed E-state index contributed by atoms with van der Waals surface area (Å²) in [7, 11) is 0. The van der Waals surface area contributed by atoms with Crippen LogP contribution in [0.15, 0.2) is 85.2 Å². The lowest BCUT2D eigenvalue weighted by molar-refractivity contribution is -0.139. The molecule has 1 aliphatic rings. The Labute approximate surface area is 334 Å². The summed E-state index contributed by atoms with van der Waals surface area (Å²) in [5, 5.41) is 44.6. The second-order valence-corrected chi connectivity index (χ2v) is 13.9. The number of rotatable bonds is 19. The van der Waals surface area contributed by atoms with Gasteiger partial charge in [-0.05, 0) is 59.4 Å². The summed E-state index contributed by atoms with van der Waals surface area (Å²) in [5.41, 5.74) is 7.16. The van der Waals surface area contributed by atoms with Crippen molar-refractivity contribution in [3.63, 3.8) is 0 Å². The zero-order valence-electron chi connectivity index (χ0n) is 30.4. The highest BCUT2D eigenvalue weighted by atomic mass is 35.5. The molecule has 0 aliphatic heterocycles. The molecule has 3 aromatic carbocycles. The van der Waals surface area contributed by atoms with E-state index < -0.39 is 24.6 Å². The van der Waals surface area contributed by atoms with Gasteiger partial charge >= 0.3 is 5.97 Å². The van der Waals surface area contributed by atoms with Gasteiger partial charge in [0.15, 0.2) is 0 Å². The monoisotopic (exact) mass is 797 g/mol. The summed E-state index contributed by atoms with van der Waals surface area (Å²) in [6.45, 7) is 1.65. The highest BCUT2D eigenvalue weighted by Crippen LogP contribution is 2.48. The normalized spacial score (nSPS) is 13.8. The molecular formula is C42H41Cl2N5O7. The molecular weight excluding hydrogens is 757 g/mol. The number of hydrogen-bond donors (Lipinski definition) is 5. The van der Waals surface area contributed by atoms with E-state index in [0.29, 0.717) is 60.0 Å². The summed E-state index contributed by atoms with van der Waals surface area (Å²) in [6.07, 6.45) is 2.46. The van der Waals surface area contributed by atoms with Crippen molar-refractivity contribution in [1.82, 2.24) is 20.6 Å². The minimum Gasteiger partial charge on any atom is -0.492 e. The van der Waals surface area contributed by atoms with Crippen LogP contribution in [0, 0.1) is 11.3 Å². The van der Waals surface area contributed by atoms with Gasteiger partial charge < -0.3 is 40.2 Å². The number of nitriles is 1. The fourth-order valence-corrected chi connectivity index (χ4v) is 7.16. The van der Waals surface area contributed by atoms with Crippen LogP contribution in [0.2, 0.25) is 10.0 Å². The first kappa shape index (κ1) is 40.4. The molecule has 12 nitrogen and oxygen atoms in total. The number of carboxylic acid groups (broad SMARTS) is 1. The van der Waals surface area contributed by atoms with Crippen LogP contribution in [0.5, 0.6) is 17.5 Å². The largest absolute Gasteiger partial charge is 0.492 e. The number of halogens is 2. The van der Waals surface area contributed by atoms with Gasteiger partial charge in [0, 0.05) is 60.8 Å². The Bertz CT molecular complexity index is 2180. The van der Waals surface area contributed by atoms with Crippen molar-refractivity contribution >= 4 is 29.2 Å². The van der Waals surface area contributed by atoms with Crippen molar-refractivity contribution in [2.75, 3.05) is 32.8 Å². The molecule has 0 radical (unpaired) electrons. The standard InChI is InChI=1S/C42H41Cl2N5O7/c43-35-18-29(23-48-24-30(51)19-38(52)53)41(55-25-27-17-26(20-45)21-47-22-27)49-42(35)56-36-11-10-32-33(36)7-4-8-34(32)39-37(54-16-14-46-13-15-50)12-9-31(40(39)44)28-5-2-1-3-6-28/h1-9,12,17-18,21-22,30,36,46,48,50-51H,10-11,13-16,19,23-25H2,(H,52,53)/t30?,36-/m0/s1. The maximum atomic E-state index is 11.0. The van der Waals surface area contributed by atoms with Gasteiger partial charge in [0.2, 0.25) is 11.8 Å². The van der Waals surface area contributed by atoms with Gasteiger partial charge in [-0.3, -0.25) is 9.78 Å². The Morgan fingerprint density at radius 3 is 2.61 bits per heavy atom. The minimum atomic E-state index is -1.11. The predicted octanol–water partition coefficient (Wildman–Crippen LogP) is 6.52. The number of pyridine rings is 2. The maximum Gasteiger partial charge on any atom is 0.306 e. The molecule has 1 unspecified atom stereocenters. The molecule has 2 aromatic heterocycles. The van der Waals surface area contributed by atoms with Crippen LogP contribution in [-0.4, -0.2) is 70.2 Å². The van der Waals surface area contributed by atoms with E-state index in [4.69, 9.17) is 52.6 Å². The number of aliphatic carboxylic acids is 1. The van der Waals surface area contributed by atoms with Crippen LogP contribution in [0.3, 0.4) is 0 Å². The highest BCUT2D eigenvalue weighted by Gasteiger charge is 2.30. The molecule has 1 aliphatic carbocycles. The van der Waals surface area contributed by atoms with Crippen LogP contribution in [-0.2, 0) is 24.4 Å². The lowest BCUT2D eigenvalue weighted by Gasteiger charge is -2.20. The molecule has 14 heteroatoms. The third-order valence-corrected chi connectivity index (χ3v) is 9.80. The molecule has 0 saturated carbocycles. The number of fused-ring (bicyclic) bond motifs is 1. The topological polar surface area (TPSA) is 179 Å². The van der Waals surface area contributed by atoms with E-state index in [1.807, 2.05) is 60.7 Å². The molecule has 0 fully saturated rings. The summed E-state index contributed by atoms with van der Waals surface area (Å²) >= 11 is 14.1. The minimum absolute atomic E-state index is 0.0164. The molecule has 5 aromatic rings. The predicted molar refractivity (Wildman–Crippen MR) is 212 cm³/mol. The highest BCUT2D eigenvalue weighted by molar-refractivity contribution is 6.36. The first-order valence-electron chi connectivity index (χ1n) is 18.1. The average Bonchev–Trinajstić information content (AvgIpc) is 3.61. The van der Waals surface area contributed by atoms with E-state index in [-0.39, 0.29) is 43.1 Å². The van der Waals surface area contributed by atoms with Gasteiger partial charge in [-0.2, -0.15) is 10.2 Å². The van der Waals surface area contributed by atoms with Gasteiger partial charge in [-0.25, -0.2) is 0 Å². The molecule has 2 heterocycles. The summed E-state index contributed by atoms with van der Waals surface area (Å²) in [6, 6.07) is 25.3. The van der Waals surface area contributed by atoms with Crippen LogP contribution in [0.4, 0.5) is 0 Å². The summed E-state index contributed by atoms with van der Waals surface area (Å²) in [4.78, 5) is 19.8. The van der Waals surface area contributed by atoms with Crippen LogP contribution in [0.25, 0.3) is 22.3 Å². The Balaban J connectivity index is 1.29. The van der Waals surface area contributed by atoms with Crippen LogP contribution >= 0.6 is 23.2 Å². The number of aromatic nitrogens is 2. The van der Waals surface area contributed by atoms with Crippen molar-refractivity contribution in [2.24, 2.45) is 0 Å². The van der Waals surface area contributed by atoms with Crippen molar-refractivity contribution in [2.45, 2.75) is 44.6 Å². The third-order valence-electron chi connectivity index (χ3n) is 9.14. The molecule has 0 saturated heterocycles. The number of benzene rings is 3. The fraction of sp³-hybridized carbons (Fsp3) is 0.286. The Kier molecular flexibility index (Phi) is 14.1. The van der Waals surface area contributed by atoms with E-state index >= 15 is 0 Å². The van der Waals surface area contributed by atoms with Gasteiger partial charge in [0.05, 0.1) is 29.7 Å². The molecule has 0 bridgehead atoms. The lowest BCUT2D eigenvalue weighted by Crippen LogP contribution is -2.28. The quantitative estimate of drug-likeness (QED) is 0.0573. The zero-order chi connectivity index (χ0) is 39.4. The van der Waals surface area contributed by atoms with E-state index in [9.17, 15) is 15.2 Å². The number of carboxylic acids is 1. The van der Waals surface area contributed by atoms with Crippen LogP contribution in [0.1, 0.15) is 46.8 Å². The molecule has 56 heavy (non-hydrogen) atoms. The number of aliphatic hydroxyl groups is 2. The van der Waals surface area contributed by atoms with Crippen molar-refractivity contribution in [1.29, 1.82) is 5.26 Å². The van der Waals surface area contributed by atoms with E-state index in [1.165, 1.54) is 6.20 Å². The second kappa shape index (κ2) is 19.6. The number of hydrogen-bond acceptors (Lipinski definition) is 11. The second-order valence-electron chi connectivity index (χ2n) is 13.1. The number of ether oxygens (including phenoxy) is 3. The molecule has 5 N–H and O–H groups in total. The Hall–Kier alpha value is -5.26. The Morgan fingerprint density at radius 2 is 1.82 bits per heavy atom. The van der Waals surface area contributed by atoms with Gasteiger partial charge in [0.1, 0.15) is 36.2 Å². The van der Waals surface area contributed by atoms with E-state index in [1.54, 1.807) is 18.3 Å². The summed E-state index contributed by atoms with van der Waals surface area (Å²) in [5.74, 6) is -0.102.